The minimum atomic E-state index is -1.05. The molecular weight excluding hydrogens is 262 g/mol. The maximum Gasteiger partial charge on any atom is 0.358 e. The Morgan fingerprint density at radius 3 is 2.85 bits per heavy atom. The van der Waals surface area contributed by atoms with Gasteiger partial charge >= 0.3 is 5.97 Å². The summed E-state index contributed by atoms with van der Waals surface area (Å²) in [6.07, 6.45) is 2.54. The smallest absolute Gasteiger partial charge is 0.358 e. The fourth-order valence-corrected chi connectivity index (χ4v) is 2.08. The van der Waals surface area contributed by atoms with Crippen LogP contribution in [0.25, 0.3) is 0 Å². The van der Waals surface area contributed by atoms with Crippen molar-refractivity contribution in [1.82, 2.24) is 25.2 Å². The number of nitrogens with zero attached hydrogens (tertiary/aromatic N) is 4. The highest BCUT2D eigenvalue weighted by Gasteiger charge is 2.09. The molecule has 0 unspecified atom stereocenters. The van der Waals surface area contributed by atoms with Crippen molar-refractivity contribution in [3.05, 3.63) is 11.9 Å². The van der Waals surface area contributed by atoms with Crippen LogP contribution >= 0.6 is 0 Å². The van der Waals surface area contributed by atoms with E-state index >= 15 is 0 Å². The number of rotatable bonds is 8. The first-order chi connectivity index (χ1) is 9.75. The highest BCUT2D eigenvalue weighted by Crippen LogP contribution is 1.97. The van der Waals surface area contributed by atoms with Crippen LogP contribution in [0.1, 0.15) is 16.9 Å². The Hall–Kier alpha value is -1.51. The summed E-state index contributed by atoms with van der Waals surface area (Å²) in [5.74, 6) is -1.05. The number of aromatic nitrogens is 3. The average molecular weight is 283 g/mol. The van der Waals surface area contributed by atoms with Gasteiger partial charge in [0.15, 0.2) is 5.69 Å². The fraction of sp³-hybridized carbons (Fsp3) is 0.750. The van der Waals surface area contributed by atoms with Crippen molar-refractivity contribution >= 4 is 5.97 Å². The minimum Gasteiger partial charge on any atom is -0.476 e. The lowest BCUT2D eigenvalue weighted by Crippen LogP contribution is -2.37. The standard InChI is InChI=1S/C12H21N5O3/c18-12(19)11-10-17(15-14-11)5-3-13-2-1-4-16-6-8-20-9-7-16/h10,13H,1-9H2,(H,18,19). The molecule has 0 aliphatic carbocycles. The van der Waals surface area contributed by atoms with Crippen molar-refractivity contribution in [2.24, 2.45) is 0 Å². The molecule has 1 aromatic rings. The molecule has 0 saturated carbocycles. The van der Waals surface area contributed by atoms with E-state index in [0.29, 0.717) is 6.54 Å². The van der Waals surface area contributed by atoms with E-state index in [1.807, 2.05) is 0 Å². The Labute approximate surface area is 117 Å². The molecule has 2 heterocycles. The van der Waals surface area contributed by atoms with Crippen LogP contribution in [-0.4, -0.2) is 76.9 Å². The predicted octanol–water partition coefficient (Wildman–Crippen LogP) is -0.712. The van der Waals surface area contributed by atoms with Gasteiger partial charge in [-0.05, 0) is 19.5 Å². The Balaban J connectivity index is 1.51. The van der Waals surface area contributed by atoms with Crippen molar-refractivity contribution in [2.45, 2.75) is 13.0 Å². The van der Waals surface area contributed by atoms with Gasteiger partial charge in [-0.1, -0.05) is 5.21 Å². The highest BCUT2D eigenvalue weighted by molar-refractivity contribution is 5.84. The second-order valence-electron chi connectivity index (χ2n) is 4.73. The quantitative estimate of drug-likeness (QED) is 0.609. The molecule has 8 heteroatoms. The number of carboxylic acid groups (broad SMARTS) is 1. The van der Waals surface area contributed by atoms with Crippen LogP contribution in [-0.2, 0) is 11.3 Å². The monoisotopic (exact) mass is 283 g/mol. The van der Waals surface area contributed by atoms with Gasteiger partial charge in [0.2, 0.25) is 0 Å². The number of carboxylic acids is 1. The first kappa shape index (κ1) is 14.9. The summed E-state index contributed by atoms with van der Waals surface area (Å²) in [7, 11) is 0. The largest absolute Gasteiger partial charge is 0.476 e. The average Bonchev–Trinajstić information content (AvgIpc) is 2.93. The lowest BCUT2D eigenvalue weighted by Gasteiger charge is -2.26. The molecule has 1 aliphatic rings. The van der Waals surface area contributed by atoms with E-state index in [4.69, 9.17) is 9.84 Å². The van der Waals surface area contributed by atoms with Crippen LogP contribution in [0.3, 0.4) is 0 Å². The lowest BCUT2D eigenvalue weighted by atomic mass is 10.3. The van der Waals surface area contributed by atoms with Crippen molar-refractivity contribution in [2.75, 3.05) is 45.9 Å². The molecule has 8 nitrogen and oxygen atoms in total. The molecule has 2 N–H and O–H groups in total. The number of aromatic carboxylic acids is 1. The normalized spacial score (nSPS) is 16.4. The van der Waals surface area contributed by atoms with Crippen molar-refractivity contribution in [3.8, 4) is 0 Å². The summed E-state index contributed by atoms with van der Waals surface area (Å²) in [5, 5.41) is 19.3. The molecule has 1 saturated heterocycles. The minimum absolute atomic E-state index is 0.0164. The third-order valence-corrected chi connectivity index (χ3v) is 3.21. The molecule has 112 valence electrons. The molecule has 0 amide bonds. The van der Waals surface area contributed by atoms with E-state index in [9.17, 15) is 4.79 Å². The van der Waals surface area contributed by atoms with Crippen LogP contribution in [0.15, 0.2) is 6.20 Å². The SMILES string of the molecule is O=C(O)c1cn(CCNCCCN2CCOCC2)nn1. The van der Waals surface area contributed by atoms with Gasteiger partial charge in [-0.3, -0.25) is 9.58 Å². The molecule has 20 heavy (non-hydrogen) atoms. The van der Waals surface area contributed by atoms with E-state index < -0.39 is 5.97 Å². The molecule has 0 radical (unpaired) electrons. The van der Waals surface area contributed by atoms with Gasteiger partial charge in [0.1, 0.15) is 0 Å². The van der Waals surface area contributed by atoms with Crippen LogP contribution < -0.4 is 5.32 Å². The van der Waals surface area contributed by atoms with Crippen molar-refractivity contribution in [3.63, 3.8) is 0 Å². The third kappa shape index (κ3) is 4.87. The molecule has 1 aromatic heterocycles. The Kier molecular flexibility index (Phi) is 5.90. The number of hydrogen-bond donors (Lipinski definition) is 2. The van der Waals surface area contributed by atoms with E-state index in [-0.39, 0.29) is 5.69 Å². The molecule has 0 aromatic carbocycles. The molecule has 2 rings (SSSR count). The predicted molar refractivity (Wildman–Crippen MR) is 71.7 cm³/mol. The molecule has 0 atom stereocenters. The fourth-order valence-electron chi connectivity index (χ4n) is 2.08. The number of hydrogen-bond acceptors (Lipinski definition) is 6. The van der Waals surface area contributed by atoms with Crippen molar-refractivity contribution in [1.29, 1.82) is 0 Å². The maximum atomic E-state index is 10.6. The van der Waals surface area contributed by atoms with Crippen LogP contribution in [0.2, 0.25) is 0 Å². The van der Waals surface area contributed by atoms with Gasteiger partial charge in [0, 0.05) is 19.6 Å². The van der Waals surface area contributed by atoms with E-state index in [1.54, 1.807) is 4.68 Å². The molecule has 1 aliphatic heterocycles. The number of morpholine rings is 1. The number of ether oxygens (including phenoxy) is 1. The van der Waals surface area contributed by atoms with Crippen LogP contribution in [0.5, 0.6) is 0 Å². The lowest BCUT2D eigenvalue weighted by molar-refractivity contribution is 0.0374. The van der Waals surface area contributed by atoms with E-state index in [1.165, 1.54) is 6.20 Å². The Bertz CT molecular complexity index is 417. The van der Waals surface area contributed by atoms with Gasteiger partial charge in [0.25, 0.3) is 0 Å². The molecular formula is C12H21N5O3. The number of carbonyl (C=O) groups is 1. The summed E-state index contributed by atoms with van der Waals surface area (Å²) < 4.78 is 6.84. The summed E-state index contributed by atoms with van der Waals surface area (Å²) in [4.78, 5) is 13.0. The van der Waals surface area contributed by atoms with Gasteiger partial charge < -0.3 is 15.2 Å². The molecule has 0 bridgehead atoms. The van der Waals surface area contributed by atoms with Gasteiger partial charge in [-0.15, -0.1) is 5.10 Å². The molecule has 1 fully saturated rings. The van der Waals surface area contributed by atoms with Gasteiger partial charge in [-0.2, -0.15) is 0 Å². The topological polar surface area (TPSA) is 92.5 Å². The zero-order valence-electron chi connectivity index (χ0n) is 11.5. The summed E-state index contributed by atoms with van der Waals surface area (Å²) in [6, 6.07) is 0. The first-order valence-corrected chi connectivity index (χ1v) is 6.90. The highest BCUT2D eigenvalue weighted by atomic mass is 16.5. The van der Waals surface area contributed by atoms with Crippen LogP contribution in [0.4, 0.5) is 0 Å². The Morgan fingerprint density at radius 1 is 1.35 bits per heavy atom. The zero-order valence-corrected chi connectivity index (χ0v) is 11.5. The van der Waals surface area contributed by atoms with Gasteiger partial charge in [-0.25, -0.2) is 4.79 Å². The second-order valence-corrected chi connectivity index (χ2v) is 4.73. The Morgan fingerprint density at radius 2 is 2.15 bits per heavy atom. The number of nitrogens with one attached hydrogen (secondary N) is 1. The van der Waals surface area contributed by atoms with E-state index in [2.05, 4.69) is 20.5 Å². The van der Waals surface area contributed by atoms with Gasteiger partial charge in [0.05, 0.1) is 26.0 Å². The maximum absolute atomic E-state index is 10.6. The van der Waals surface area contributed by atoms with E-state index in [0.717, 1.165) is 52.4 Å². The zero-order chi connectivity index (χ0) is 14.2. The summed E-state index contributed by atoms with van der Waals surface area (Å²) >= 11 is 0. The van der Waals surface area contributed by atoms with Crippen molar-refractivity contribution < 1.29 is 14.6 Å². The summed E-state index contributed by atoms with van der Waals surface area (Å²) in [6.45, 7) is 7.13. The second kappa shape index (κ2) is 7.93. The van der Waals surface area contributed by atoms with Crippen LogP contribution in [0, 0.1) is 0 Å². The molecule has 0 spiro atoms. The first-order valence-electron chi connectivity index (χ1n) is 6.90. The summed E-state index contributed by atoms with van der Waals surface area (Å²) in [5.41, 5.74) is -0.0164. The third-order valence-electron chi connectivity index (χ3n) is 3.21.